The van der Waals surface area contributed by atoms with Gasteiger partial charge in [-0.1, -0.05) is 36.5 Å². The minimum Gasteiger partial charge on any atom is -0.388 e. The van der Waals surface area contributed by atoms with Gasteiger partial charge in [-0.2, -0.15) is 0 Å². The summed E-state index contributed by atoms with van der Waals surface area (Å²) in [6, 6.07) is 7.93. The molecule has 0 aliphatic heterocycles. The van der Waals surface area contributed by atoms with Crippen molar-refractivity contribution in [2.45, 2.75) is 6.92 Å². The van der Waals surface area contributed by atoms with Crippen LogP contribution in [0.4, 0.5) is 0 Å². The molecule has 76 valence electrons. The van der Waals surface area contributed by atoms with Crippen LogP contribution in [0.2, 0.25) is 0 Å². The number of pyridine rings is 1. The maximum atomic E-state index is 5.65. The van der Waals surface area contributed by atoms with E-state index in [9.17, 15) is 0 Å². The number of thiocarbonyl (C=S) groups is 1. The van der Waals surface area contributed by atoms with Crippen LogP contribution in [-0.4, -0.2) is 9.97 Å². The highest BCUT2D eigenvalue weighted by Gasteiger charge is 2.10. The number of hydrogen-bond donors (Lipinski definition) is 1. The van der Waals surface area contributed by atoms with E-state index in [-0.39, 0.29) is 0 Å². The molecule has 0 bridgehead atoms. The van der Waals surface area contributed by atoms with Gasteiger partial charge in [0, 0.05) is 9.86 Å². The topological polar surface area (TPSA) is 38.9 Å². The summed E-state index contributed by atoms with van der Waals surface area (Å²) in [6.07, 6.45) is 0. The number of nitrogens with zero attached hydrogens (tertiary/aromatic N) is 1. The molecule has 4 heteroatoms. The molecule has 0 radical (unpaired) electrons. The van der Waals surface area contributed by atoms with Crippen LogP contribution in [-0.2, 0) is 0 Å². The van der Waals surface area contributed by atoms with Gasteiger partial charge in [0.05, 0.1) is 5.69 Å². The predicted molar refractivity (Wildman–Crippen MR) is 70.1 cm³/mol. The molecule has 0 aliphatic carbocycles. The Balaban J connectivity index is 2.94. The molecule has 1 heterocycles. The predicted octanol–water partition coefficient (Wildman–Crippen LogP) is 2.94. The molecule has 0 saturated carbocycles. The molecule has 2 rings (SSSR count). The maximum absolute atomic E-state index is 5.65. The lowest BCUT2D eigenvalue weighted by molar-refractivity contribution is 1.19. The minimum absolute atomic E-state index is 0.335. The van der Waals surface area contributed by atoms with Crippen molar-refractivity contribution < 1.29 is 0 Å². The summed E-state index contributed by atoms with van der Waals surface area (Å²) < 4.78 is 0.998. The van der Waals surface area contributed by atoms with Crippen molar-refractivity contribution in [2.24, 2.45) is 5.73 Å². The van der Waals surface area contributed by atoms with Gasteiger partial charge in [0.15, 0.2) is 0 Å². The Morgan fingerprint density at radius 1 is 1.33 bits per heavy atom. The van der Waals surface area contributed by atoms with E-state index in [0.29, 0.717) is 10.7 Å². The number of rotatable bonds is 1. The van der Waals surface area contributed by atoms with E-state index in [1.807, 2.05) is 31.2 Å². The van der Waals surface area contributed by atoms with Crippen LogP contribution in [0.1, 0.15) is 11.4 Å². The first-order valence-electron chi connectivity index (χ1n) is 4.46. The molecule has 2 nitrogen and oxygen atoms in total. The number of aryl methyl sites for hydroxylation is 1. The molecule has 2 aromatic rings. The zero-order valence-electron chi connectivity index (χ0n) is 8.12. The van der Waals surface area contributed by atoms with Gasteiger partial charge in [0.25, 0.3) is 0 Å². The van der Waals surface area contributed by atoms with Gasteiger partial charge in [0.2, 0.25) is 0 Å². The second-order valence-corrected chi connectivity index (χ2v) is 4.50. The van der Waals surface area contributed by atoms with Crippen molar-refractivity contribution in [1.29, 1.82) is 0 Å². The highest BCUT2D eigenvalue weighted by molar-refractivity contribution is 9.10. The third-order valence-electron chi connectivity index (χ3n) is 2.25. The molecule has 2 N–H and O–H groups in total. The fourth-order valence-corrected chi connectivity index (χ4v) is 2.13. The van der Waals surface area contributed by atoms with Crippen LogP contribution in [0.5, 0.6) is 0 Å². The van der Waals surface area contributed by atoms with E-state index < -0.39 is 0 Å². The molecule has 0 aliphatic rings. The molecular weight excluding hydrogens is 272 g/mol. The first-order valence-corrected chi connectivity index (χ1v) is 5.66. The number of benzene rings is 1. The van der Waals surface area contributed by atoms with Gasteiger partial charge < -0.3 is 5.73 Å². The molecule has 0 saturated heterocycles. The summed E-state index contributed by atoms with van der Waals surface area (Å²) in [5.74, 6) is 0. The van der Waals surface area contributed by atoms with Gasteiger partial charge in [-0.25, -0.2) is 4.98 Å². The summed E-state index contributed by atoms with van der Waals surface area (Å²) >= 11 is 8.51. The van der Waals surface area contributed by atoms with E-state index in [4.69, 9.17) is 18.0 Å². The summed E-state index contributed by atoms with van der Waals surface area (Å²) in [4.78, 5) is 4.72. The first-order chi connectivity index (χ1) is 7.11. The standard InChI is InChI=1S/C11H9BrN2S/c1-6-9(12)7-4-2-3-5-8(7)10(14-6)11(13)15/h2-5H,1H3,(H2,13,15). The average molecular weight is 281 g/mol. The lowest BCUT2D eigenvalue weighted by atomic mass is 10.1. The number of aromatic nitrogens is 1. The van der Waals surface area contributed by atoms with E-state index in [2.05, 4.69) is 20.9 Å². The van der Waals surface area contributed by atoms with E-state index in [1.165, 1.54) is 0 Å². The Labute approximate surface area is 102 Å². The highest BCUT2D eigenvalue weighted by atomic mass is 79.9. The first kappa shape index (κ1) is 10.5. The Bertz CT molecular complexity index is 552. The Morgan fingerprint density at radius 3 is 2.53 bits per heavy atom. The average Bonchev–Trinajstić information content (AvgIpc) is 2.23. The van der Waals surface area contributed by atoms with E-state index in [1.54, 1.807) is 0 Å². The van der Waals surface area contributed by atoms with Crippen molar-refractivity contribution in [3.05, 3.63) is 40.1 Å². The maximum Gasteiger partial charge on any atom is 0.123 e. The molecule has 15 heavy (non-hydrogen) atoms. The van der Waals surface area contributed by atoms with Crippen LogP contribution in [0, 0.1) is 6.92 Å². The summed E-state index contributed by atoms with van der Waals surface area (Å²) in [5.41, 5.74) is 7.25. The zero-order chi connectivity index (χ0) is 11.0. The Hall–Kier alpha value is -1.00. The number of halogens is 1. The van der Waals surface area contributed by atoms with Crippen molar-refractivity contribution in [2.75, 3.05) is 0 Å². The second kappa shape index (κ2) is 3.87. The molecular formula is C11H9BrN2S. The third-order valence-corrected chi connectivity index (χ3v) is 3.44. The van der Waals surface area contributed by atoms with Gasteiger partial charge >= 0.3 is 0 Å². The molecule has 1 aromatic heterocycles. The monoisotopic (exact) mass is 280 g/mol. The zero-order valence-corrected chi connectivity index (χ0v) is 10.5. The highest BCUT2D eigenvalue weighted by Crippen LogP contribution is 2.27. The molecule has 0 unspecified atom stereocenters. The van der Waals surface area contributed by atoms with Crippen molar-refractivity contribution in [3.63, 3.8) is 0 Å². The van der Waals surface area contributed by atoms with Crippen molar-refractivity contribution in [3.8, 4) is 0 Å². The van der Waals surface area contributed by atoms with Gasteiger partial charge in [-0.15, -0.1) is 0 Å². The summed E-state index contributed by atoms with van der Waals surface area (Å²) in [7, 11) is 0. The van der Waals surface area contributed by atoms with Crippen LogP contribution in [0.3, 0.4) is 0 Å². The van der Waals surface area contributed by atoms with Gasteiger partial charge in [0.1, 0.15) is 10.7 Å². The number of nitrogens with two attached hydrogens (primary N) is 1. The van der Waals surface area contributed by atoms with Crippen LogP contribution in [0.15, 0.2) is 28.7 Å². The SMILES string of the molecule is Cc1nc(C(N)=S)c2ccccc2c1Br. The lowest BCUT2D eigenvalue weighted by Gasteiger charge is -2.08. The largest absolute Gasteiger partial charge is 0.388 e. The van der Waals surface area contributed by atoms with Crippen LogP contribution >= 0.6 is 28.1 Å². The van der Waals surface area contributed by atoms with Gasteiger partial charge in [-0.3, -0.25) is 0 Å². The molecule has 1 aromatic carbocycles. The molecule has 0 amide bonds. The quantitative estimate of drug-likeness (QED) is 0.817. The van der Waals surface area contributed by atoms with E-state index in [0.717, 1.165) is 20.9 Å². The lowest BCUT2D eigenvalue weighted by Crippen LogP contribution is -2.13. The fourth-order valence-electron chi connectivity index (χ4n) is 1.54. The summed E-state index contributed by atoms with van der Waals surface area (Å²) in [6.45, 7) is 1.93. The molecule has 0 spiro atoms. The molecule has 0 fully saturated rings. The van der Waals surface area contributed by atoms with Crippen LogP contribution < -0.4 is 5.73 Å². The third kappa shape index (κ3) is 1.75. The minimum atomic E-state index is 0.335. The normalized spacial score (nSPS) is 10.5. The molecule has 0 atom stereocenters. The fraction of sp³-hybridized carbons (Fsp3) is 0.0909. The van der Waals surface area contributed by atoms with E-state index >= 15 is 0 Å². The smallest absolute Gasteiger partial charge is 0.123 e. The number of fused-ring (bicyclic) bond motifs is 1. The Morgan fingerprint density at radius 2 is 1.93 bits per heavy atom. The summed E-state index contributed by atoms with van der Waals surface area (Å²) in [5, 5.41) is 2.08. The van der Waals surface area contributed by atoms with Gasteiger partial charge in [-0.05, 0) is 28.2 Å². The second-order valence-electron chi connectivity index (χ2n) is 3.27. The Kier molecular flexibility index (Phi) is 2.71. The number of hydrogen-bond acceptors (Lipinski definition) is 2. The van der Waals surface area contributed by atoms with Crippen LogP contribution in [0.25, 0.3) is 10.8 Å². The van der Waals surface area contributed by atoms with Crippen molar-refractivity contribution >= 4 is 43.9 Å². The van der Waals surface area contributed by atoms with Crippen molar-refractivity contribution in [1.82, 2.24) is 4.98 Å².